The van der Waals surface area contributed by atoms with Crippen LogP contribution < -0.4 is 0 Å². The summed E-state index contributed by atoms with van der Waals surface area (Å²) in [5.74, 6) is -0.395. The number of carbonyl (C=O) groups excluding carboxylic acids is 2. The molecule has 0 aromatic carbocycles. The van der Waals surface area contributed by atoms with Gasteiger partial charge in [0.25, 0.3) is 0 Å². The summed E-state index contributed by atoms with van der Waals surface area (Å²) < 4.78 is 6.24. The van der Waals surface area contributed by atoms with Gasteiger partial charge in [-0.3, -0.25) is 9.36 Å². The number of ether oxygens (including phenoxy) is 1. The first kappa shape index (κ1) is 11.5. The highest BCUT2D eigenvalue weighted by atomic mass is 16.5. The predicted octanol–water partition coefficient (Wildman–Crippen LogP) is 2.11. The van der Waals surface area contributed by atoms with Crippen LogP contribution in [0, 0.1) is 0 Å². The van der Waals surface area contributed by atoms with Crippen molar-refractivity contribution in [2.24, 2.45) is 0 Å². The maximum atomic E-state index is 11.4. The van der Waals surface area contributed by atoms with Crippen LogP contribution in [0.2, 0.25) is 0 Å². The predicted molar refractivity (Wildman–Crippen MR) is 55.9 cm³/mol. The van der Waals surface area contributed by atoms with Crippen LogP contribution in [0.3, 0.4) is 0 Å². The Morgan fingerprint density at radius 1 is 1.40 bits per heavy atom. The Hall–Kier alpha value is -1.58. The first-order chi connectivity index (χ1) is 7.19. The summed E-state index contributed by atoms with van der Waals surface area (Å²) in [6, 6.07) is 1.59. The van der Waals surface area contributed by atoms with Crippen LogP contribution in [0.4, 0.5) is 0 Å². The summed E-state index contributed by atoms with van der Waals surface area (Å²) >= 11 is 0. The van der Waals surface area contributed by atoms with Gasteiger partial charge in [0.05, 0.1) is 12.2 Å². The fourth-order valence-electron chi connectivity index (χ4n) is 1.23. The van der Waals surface area contributed by atoms with Gasteiger partial charge in [0.1, 0.15) is 0 Å². The number of esters is 1. The molecule has 82 valence electrons. The van der Waals surface area contributed by atoms with E-state index in [0.29, 0.717) is 18.6 Å². The summed E-state index contributed by atoms with van der Waals surface area (Å²) in [7, 11) is 0. The molecule has 0 bridgehead atoms. The molecule has 0 amide bonds. The monoisotopic (exact) mass is 209 g/mol. The molecule has 1 rings (SSSR count). The molecule has 0 fully saturated rings. The molecule has 0 aliphatic carbocycles. The highest BCUT2D eigenvalue weighted by Crippen LogP contribution is 2.05. The molecule has 0 saturated carbocycles. The number of carbonyl (C=O) groups is 2. The Labute approximate surface area is 88.8 Å². The maximum absolute atomic E-state index is 11.4. The van der Waals surface area contributed by atoms with E-state index in [0.717, 1.165) is 6.42 Å². The van der Waals surface area contributed by atoms with Crippen LogP contribution >= 0.6 is 0 Å². The van der Waals surface area contributed by atoms with Gasteiger partial charge in [-0.15, -0.1) is 0 Å². The van der Waals surface area contributed by atoms with E-state index in [-0.39, 0.29) is 11.9 Å². The molecule has 4 nitrogen and oxygen atoms in total. The van der Waals surface area contributed by atoms with E-state index in [1.54, 1.807) is 19.2 Å². The maximum Gasteiger partial charge on any atom is 0.339 e. The lowest BCUT2D eigenvalue weighted by molar-refractivity contribution is 0.0526. The van der Waals surface area contributed by atoms with E-state index < -0.39 is 0 Å². The molecule has 1 aromatic heterocycles. The van der Waals surface area contributed by atoms with Crippen molar-refractivity contribution in [1.82, 2.24) is 4.57 Å². The average Bonchev–Trinajstić information content (AvgIpc) is 2.67. The highest BCUT2D eigenvalue weighted by Gasteiger charge is 2.10. The number of aromatic nitrogens is 1. The molecule has 0 unspecified atom stereocenters. The van der Waals surface area contributed by atoms with E-state index in [4.69, 9.17) is 4.74 Å². The minimum Gasteiger partial charge on any atom is -0.462 e. The van der Waals surface area contributed by atoms with Gasteiger partial charge < -0.3 is 4.74 Å². The van der Waals surface area contributed by atoms with Crippen LogP contribution in [0.1, 0.15) is 41.8 Å². The SMILES string of the molecule is CCCC(=O)n1ccc(C(=O)OCC)c1. The lowest BCUT2D eigenvalue weighted by Crippen LogP contribution is -2.08. The van der Waals surface area contributed by atoms with Gasteiger partial charge in [-0.2, -0.15) is 0 Å². The van der Waals surface area contributed by atoms with Crippen molar-refractivity contribution in [3.05, 3.63) is 24.0 Å². The van der Waals surface area contributed by atoms with Crippen molar-refractivity contribution >= 4 is 11.9 Å². The third-order valence-corrected chi connectivity index (χ3v) is 1.96. The smallest absolute Gasteiger partial charge is 0.339 e. The average molecular weight is 209 g/mol. The third kappa shape index (κ3) is 2.94. The molecule has 1 heterocycles. The van der Waals surface area contributed by atoms with Gasteiger partial charge >= 0.3 is 5.97 Å². The quantitative estimate of drug-likeness (QED) is 0.713. The van der Waals surface area contributed by atoms with Crippen molar-refractivity contribution in [3.63, 3.8) is 0 Å². The molecular formula is C11H15NO3. The first-order valence-corrected chi connectivity index (χ1v) is 5.07. The summed E-state index contributed by atoms with van der Waals surface area (Å²) in [5, 5.41) is 0. The van der Waals surface area contributed by atoms with Crippen LogP contribution in [-0.2, 0) is 4.74 Å². The second-order valence-corrected chi connectivity index (χ2v) is 3.17. The van der Waals surface area contributed by atoms with Gasteiger partial charge in [-0.05, 0) is 19.4 Å². The van der Waals surface area contributed by atoms with Crippen LogP contribution in [0.15, 0.2) is 18.5 Å². The summed E-state index contributed by atoms with van der Waals surface area (Å²) in [6.45, 7) is 4.03. The second-order valence-electron chi connectivity index (χ2n) is 3.17. The van der Waals surface area contributed by atoms with Crippen molar-refractivity contribution in [2.75, 3.05) is 6.61 Å². The van der Waals surface area contributed by atoms with E-state index >= 15 is 0 Å². The molecule has 0 saturated heterocycles. The van der Waals surface area contributed by atoms with Gasteiger partial charge in [0.2, 0.25) is 5.91 Å². The molecule has 1 aromatic rings. The lowest BCUT2D eigenvalue weighted by Gasteiger charge is -1.99. The summed E-state index contributed by atoms with van der Waals surface area (Å²) in [6.07, 6.45) is 4.38. The molecule has 4 heteroatoms. The van der Waals surface area contributed by atoms with Gasteiger partial charge in [-0.25, -0.2) is 4.79 Å². The zero-order valence-corrected chi connectivity index (χ0v) is 9.03. The number of hydrogen-bond donors (Lipinski definition) is 0. The molecular weight excluding hydrogens is 194 g/mol. The minimum absolute atomic E-state index is 0.00644. The third-order valence-electron chi connectivity index (χ3n) is 1.96. The molecule has 0 atom stereocenters. The number of rotatable bonds is 4. The van der Waals surface area contributed by atoms with Crippen LogP contribution in [0.25, 0.3) is 0 Å². The lowest BCUT2D eigenvalue weighted by atomic mass is 10.3. The van der Waals surface area contributed by atoms with E-state index in [1.807, 2.05) is 6.92 Å². The number of nitrogens with zero attached hydrogens (tertiary/aromatic N) is 1. The summed E-state index contributed by atoms with van der Waals surface area (Å²) in [4.78, 5) is 22.7. The highest BCUT2D eigenvalue weighted by molar-refractivity contribution is 5.90. The van der Waals surface area contributed by atoms with E-state index in [9.17, 15) is 9.59 Å². The molecule has 15 heavy (non-hydrogen) atoms. The normalized spacial score (nSPS) is 10.0. The molecule has 0 radical (unpaired) electrons. The fraction of sp³-hybridized carbons (Fsp3) is 0.455. The molecule has 0 N–H and O–H groups in total. The first-order valence-electron chi connectivity index (χ1n) is 5.07. The summed E-state index contributed by atoms with van der Waals surface area (Å²) in [5.41, 5.74) is 0.418. The molecule has 0 aliphatic heterocycles. The van der Waals surface area contributed by atoms with Crippen molar-refractivity contribution in [2.45, 2.75) is 26.7 Å². The molecule has 0 spiro atoms. The zero-order chi connectivity index (χ0) is 11.3. The van der Waals surface area contributed by atoms with Gasteiger partial charge in [0, 0.05) is 18.8 Å². The van der Waals surface area contributed by atoms with Crippen molar-refractivity contribution in [3.8, 4) is 0 Å². The Balaban J connectivity index is 2.71. The standard InChI is InChI=1S/C11H15NO3/c1-3-5-10(13)12-7-6-9(8-12)11(14)15-4-2/h6-8H,3-5H2,1-2H3. The second kappa shape index (κ2) is 5.34. The van der Waals surface area contributed by atoms with Crippen molar-refractivity contribution in [1.29, 1.82) is 0 Å². The minimum atomic E-state index is -0.388. The van der Waals surface area contributed by atoms with Gasteiger partial charge in [0.15, 0.2) is 0 Å². The van der Waals surface area contributed by atoms with Crippen molar-refractivity contribution < 1.29 is 14.3 Å². The van der Waals surface area contributed by atoms with Crippen LogP contribution in [-0.4, -0.2) is 23.1 Å². The Morgan fingerprint density at radius 3 is 2.73 bits per heavy atom. The van der Waals surface area contributed by atoms with Gasteiger partial charge in [-0.1, -0.05) is 6.92 Å². The fourth-order valence-corrected chi connectivity index (χ4v) is 1.23. The topological polar surface area (TPSA) is 48.3 Å². The zero-order valence-electron chi connectivity index (χ0n) is 9.03. The molecule has 0 aliphatic rings. The largest absolute Gasteiger partial charge is 0.462 e. The number of hydrogen-bond acceptors (Lipinski definition) is 3. The Kier molecular flexibility index (Phi) is 4.09. The Bertz CT molecular complexity index is 322. The van der Waals surface area contributed by atoms with E-state index in [1.165, 1.54) is 10.8 Å². The Morgan fingerprint density at radius 2 is 2.13 bits per heavy atom. The van der Waals surface area contributed by atoms with Crippen LogP contribution in [0.5, 0.6) is 0 Å². The van der Waals surface area contributed by atoms with E-state index in [2.05, 4.69) is 0 Å².